The van der Waals surface area contributed by atoms with Crippen molar-refractivity contribution in [3.63, 3.8) is 0 Å². The number of aryl methyl sites for hydroxylation is 1. The van der Waals surface area contributed by atoms with Crippen LogP contribution in [0.2, 0.25) is 5.02 Å². The molecule has 4 nitrogen and oxygen atoms in total. The Kier molecular flexibility index (Phi) is 5.30. The van der Waals surface area contributed by atoms with Gasteiger partial charge in [-0.2, -0.15) is 0 Å². The number of fused-ring (bicyclic) bond motifs is 2. The third-order valence-corrected chi connectivity index (χ3v) is 8.05. The minimum absolute atomic E-state index is 0.0650. The summed E-state index contributed by atoms with van der Waals surface area (Å²) >= 11 is 7.63. The lowest BCUT2D eigenvalue weighted by Crippen LogP contribution is -2.50. The van der Waals surface area contributed by atoms with Crippen molar-refractivity contribution in [3.05, 3.63) is 100 Å². The van der Waals surface area contributed by atoms with E-state index in [2.05, 4.69) is 19.9 Å². The van der Waals surface area contributed by atoms with Crippen LogP contribution in [0.25, 0.3) is 0 Å². The molecule has 1 saturated heterocycles. The first-order chi connectivity index (χ1) is 15.7. The Morgan fingerprint density at radius 1 is 1.03 bits per heavy atom. The molecule has 6 heteroatoms. The molecule has 0 aliphatic carbocycles. The maximum absolute atomic E-state index is 14.3. The molecule has 0 saturated carbocycles. The summed E-state index contributed by atoms with van der Waals surface area (Å²) in [5.41, 5.74) is 4.40. The molecule has 3 aromatic rings. The lowest BCUT2D eigenvalue weighted by molar-refractivity contribution is -0.123. The predicted octanol–water partition coefficient (Wildman–Crippen LogP) is 6.02. The fourth-order valence-electron chi connectivity index (χ4n) is 4.79. The maximum Gasteiger partial charge on any atom is 0.268 e. The van der Waals surface area contributed by atoms with E-state index in [1.807, 2.05) is 54.3 Å². The zero-order valence-corrected chi connectivity index (χ0v) is 20.4. The molecule has 168 valence electrons. The van der Waals surface area contributed by atoms with Crippen LogP contribution >= 0.6 is 23.4 Å². The molecule has 5 rings (SSSR count). The summed E-state index contributed by atoms with van der Waals surface area (Å²) in [5, 5.41) is 0.573. The molecule has 0 aromatic heterocycles. The Balaban J connectivity index is 1.65. The Hall–Kier alpha value is -2.76. The molecule has 1 atom stereocenters. The van der Waals surface area contributed by atoms with Gasteiger partial charge in [0.1, 0.15) is 0 Å². The van der Waals surface area contributed by atoms with E-state index in [1.165, 1.54) is 0 Å². The molecular formula is C27H25ClN2O2S. The second-order valence-corrected chi connectivity index (χ2v) is 11.6. The van der Waals surface area contributed by atoms with E-state index in [9.17, 15) is 9.59 Å². The van der Waals surface area contributed by atoms with E-state index in [0.717, 1.165) is 22.4 Å². The molecule has 0 unspecified atom stereocenters. The summed E-state index contributed by atoms with van der Waals surface area (Å²) in [4.78, 5) is 30.6. The maximum atomic E-state index is 14.3. The van der Waals surface area contributed by atoms with Crippen molar-refractivity contribution in [3.8, 4) is 0 Å². The number of amides is 2. The SMILES string of the molecule is Cc1ccc2c(c1)[C@]1(SC(C)(C)CN1C(=O)c1ccc(Cl)cc1)C(=O)N2Cc1ccccc1. The largest absolute Gasteiger partial charge is 0.310 e. The predicted molar refractivity (Wildman–Crippen MR) is 135 cm³/mol. The fourth-order valence-corrected chi connectivity index (χ4v) is 6.64. The summed E-state index contributed by atoms with van der Waals surface area (Å²) in [6.45, 7) is 7.14. The van der Waals surface area contributed by atoms with Gasteiger partial charge in [0.2, 0.25) is 0 Å². The van der Waals surface area contributed by atoms with Crippen LogP contribution < -0.4 is 4.90 Å². The number of halogens is 1. The van der Waals surface area contributed by atoms with Gasteiger partial charge in [0, 0.05) is 27.4 Å². The number of hydrogen-bond donors (Lipinski definition) is 0. The zero-order chi connectivity index (χ0) is 23.4. The van der Waals surface area contributed by atoms with Gasteiger partial charge in [0.05, 0.1) is 12.2 Å². The molecule has 2 heterocycles. The van der Waals surface area contributed by atoms with E-state index in [0.29, 0.717) is 23.7 Å². The number of carbonyl (C=O) groups is 2. The lowest BCUT2D eigenvalue weighted by atomic mass is 10.0. The number of thioether (sulfide) groups is 1. The zero-order valence-electron chi connectivity index (χ0n) is 18.8. The minimum atomic E-state index is -1.10. The number of nitrogens with zero attached hydrogens (tertiary/aromatic N) is 2. The molecular weight excluding hydrogens is 452 g/mol. The van der Waals surface area contributed by atoms with E-state index in [4.69, 9.17) is 11.6 Å². The summed E-state index contributed by atoms with van der Waals surface area (Å²) in [6.07, 6.45) is 0. The van der Waals surface area contributed by atoms with E-state index < -0.39 is 4.87 Å². The van der Waals surface area contributed by atoms with Crippen molar-refractivity contribution >= 4 is 40.9 Å². The highest BCUT2D eigenvalue weighted by molar-refractivity contribution is 8.02. The van der Waals surface area contributed by atoms with Crippen LogP contribution in [0.4, 0.5) is 5.69 Å². The van der Waals surface area contributed by atoms with Crippen molar-refractivity contribution in [1.82, 2.24) is 4.90 Å². The van der Waals surface area contributed by atoms with E-state index >= 15 is 0 Å². The van der Waals surface area contributed by atoms with Gasteiger partial charge >= 0.3 is 0 Å². The Morgan fingerprint density at radius 2 is 1.73 bits per heavy atom. The quantitative estimate of drug-likeness (QED) is 0.464. The first kappa shape index (κ1) is 22.1. The van der Waals surface area contributed by atoms with Gasteiger partial charge in [-0.15, -0.1) is 11.8 Å². The van der Waals surface area contributed by atoms with Crippen molar-refractivity contribution in [2.45, 2.75) is 36.9 Å². The van der Waals surface area contributed by atoms with Crippen molar-refractivity contribution in [2.75, 3.05) is 11.4 Å². The van der Waals surface area contributed by atoms with Crippen molar-refractivity contribution in [1.29, 1.82) is 0 Å². The Bertz CT molecular complexity index is 1240. The summed E-state index contributed by atoms with van der Waals surface area (Å²) in [5.74, 6) is -0.225. The van der Waals surface area contributed by atoms with Crippen molar-refractivity contribution in [2.24, 2.45) is 0 Å². The van der Waals surface area contributed by atoms with Crippen LogP contribution in [0.15, 0.2) is 72.8 Å². The van der Waals surface area contributed by atoms with Gasteiger partial charge in [-0.25, -0.2) is 0 Å². The monoisotopic (exact) mass is 476 g/mol. The molecule has 0 N–H and O–H groups in total. The molecule has 2 aliphatic rings. The lowest BCUT2D eigenvalue weighted by Gasteiger charge is -2.33. The second-order valence-electron chi connectivity index (χ2n) is 9.30. The van der Waals surface area contributed by atoms with Gasteiger partial charge in [-0.05, 0) is 56.7 Å². The van der Waals surface area contributed by atoms with Crippen LogP contribution in [0, 0.1) is 6.92 Å². The van der Waals surface area contributed by atoms with E-state index in [-0.39, 0.29) is 16.6 Å². The molecule has 3 aromatic carbocycles. The highest BCUT2D eigenvalue weighted by atomic mass is 35.5. The van der Waals surface area contributed by atoms with Gasteiger partial charge in [0.15, 0.2) is 4.87 Å². The Morgan fingerprint density at radius 3 is 2.42 bits per heavy atom. The normalized spacial score (nSPS) is 21.0. The average molecular weight is 477 g/mol. The van der Waals surface area contributed by atoms with Gasteiger partial charge < -0.3 is 9.80 Å². The van der Waals surface area contributed by atoms with Crippen LogP contribution in [-0.4, -0.2) is 28.0 Å². The van der Waals surface area contributed by atoms with E-state index in [1.54, 1.807) is 40.9 Å². The summed E-state index contributed by atoms with van der Waals surface area (Å²) < 4.78 is -0.290. The molecule has 1 spiro atoms. The number of rotatable bonds is 3. The molecule has 1 fully saturated rings. The molecule has 2 aliphatic heterocycles. The van der Waals surface area contributed by atoms with Crippen LogP contribution in [0.5, 0.6) is 0 Å². The highest BCUT2D eigenvalue weighted by Gasteiger charge is 2.63. The average Bonchev–Trinajstić information content (AvgIpc) is 3.20. The topological polar surface area (TPSA) is 40.6 Å². The number of anilines is 1. The molecule has 0 bridgehead atoms. The summed E-state index contributed by atoms with van der Waals surface area (Å²) in [6, 6.07) is 23.0. The van der Waals surface area contributed by atoms with Gasteiger partial charge in [0.25, 0.3) is 11.8 Å². The molecule has 33 heavy (non-hydrogen) atoms. The molecule has 2 amide bonds. The Labute approximate surface area is 203 Å². The first-order valence-corrected chi connectivity index (χ1v) is 12.2. The number of hydrogen-bond acceptors (Lipinski definition) is 3. The van der Waals surface area contributed by atoms with Gasteiger partial charge in [-0.3, -0.25) is 9.59 Å². The minimum Gasteiger partial charge on any atom is -0.310 e. The third-order valence-electron chi connectivity index (χ3n) is 6.21. The smallest absolute Gasteiger partial charge is 0.268 e. The summed E-state index contributed by atoms with van der Waals surface area (Å²) in [7, 11) is 0. The number of carbonyl (C=O) groups excluding carboxylic acids is 2. The van der Waals surface area contributed by atoms with Crippen LogP contribution in [-0.2, 0) is 16.2 Å². The second kappa shape index (κ2) is 7.93. The standard InChI is InChI=1S/C27H25ClN2O2S/c1-18-9-14-23-22(15-18)27(25(32)29(23)16-19-7-5-4-6-8-19)30(17-26(2,3)33-27)24(31)20-10-12-21(28)13-11-20/h4-15H,16-17H2,1-3H3/t27-/m0/s1. The molecule has 0 radical (unpaired) electrons. The van der Waals surface area contributed by atoms with Crippen LogP contribution in [0.3, 0.4) is 0 Å². The van der Waals surface area contributed by atoms with Crippen LogP contribution in [0.1, 0.15) is 40.9 Å². The third kappa shape index (κ3) is 3.64. The first-order valence-electron chi connectivity index (χ1n) is 11.0. The fraction of sp³-hybridized carbons (Fsp3) is 0.259. The van der Waals surface area contributed by atoms with Crippen molar-refractivity contribution < 1.29 is 9.59 Å². The van der Waals surface area contributed by atoms with Gasteiger partial charge in [-0.1, -0.05) is 59.6 Å². The highest BCUT2D eigenvalue weighted by Crippen LogP contribution is 2.60. The number of benzene rings is 3.